The van der Waals surface area contributed by atoms with Crippen molar-refractivity contribution >= 4 is 40.0 Å². The van der Waals surface area contributed by atoms with E-state index in [2.05, 4.69) is 10.3 Å². The third-order valence-corrected chi connectivity index (χ3v) is 4.44. The zero-order valence-corrected chi connectivity index (χ0v) is 14.4. The van der Waals surface area contributed by atoms with E-state index < -0.39 is 0 Å². The molecule has 25 heavy (non-hydrogen) atoms. The van der Waals surface area contributed by atoms with Crippen molar-refractivity contribution in [1.29, 1.82) is 5.26 Å². The van der Waals surface area contributed by atoms with Crippen LogP contribution < -0.4 is 10.2 Å². The van der Waals surface area contributed by atoms with Crippen LogP contribution in [0.25, 0.3) is 6.08 Å². The Bertz CT molecular complexity index is 863. The Balaban J connectivity index is 1.85. The number of nitrogens with zero attached hydrogens (tertiary/aromatic N) is 3. The lowest BCUT2D eigenvalue weighted by Gasteiger charge is -2.17. The molecule has 3 rings (SSSR count). The van der Waals surface area contributed by atoms with Gasteiger partial charge in [0, 0.05) is 18.3 Å². The van der Waals surface area contributed by atoms with Gasteiger partial charge in [0.25, 0.3) is 5.91 Å². The fourth-order valence-electron chi connectivity index (χ4n) is 2.24. The number of amides is 2. The standard InChI is InChI=1S/C18H16N4O2S/c1-12(23)22(16-5-3-2-4-6-16)18-21-15(11-25-18)9-13(10-19)17(24)20-14-7-8-14/h2-6,9,11,14H,7-8H2,1H3,(H,20,24)/b13-9+. The number of hydrogen-bond acceptors (Lipinski definition) is 5. The van der Waals surface area contributed by atoms with E-state index in [1.165, 1.54) is 29.2 Å². The molecular weight excluding hydrogens is 336 g/mol. The average Bonchev–Trinajstić information content (AvgIpc) is 3.30. The maximum Gasteiger partial charge on any atom is 0.262 e. The van der Waals surface area contributed by atoms with Gasteiger partial charge in [0.15, 0.2) is 5.13 Å². The molecule has 7 heteroatoms. The van der Waals surface area contributed by atoms with E-state index in [4.69, 9.17) is 0 Å². The van der Waals surface area contributed by atoms with Crippen LogP contribution in [-0.4, -0.2) is 22.8 Å². The minimum Gasteiger partial charge on any atom is -0.349 e. The van der Waals surface area contributed by atoms with Crippen LogP contribution in [0.1, 0.15) is 25.5 Å². The second-order valence-electron chi connectivity index (χ2n) is 5.66. The van der Waals surface area contributed by atoms with Gasteiger partial charge in [-0.15, -0.1) is 11.3 Å². The van der Waals surface area contributed by atoms with Crippen molar-refractivity contribution < 1.29 is 9.59 Å². The minimum atomic E-state index is -0.383. The van der Waals surface area contributed by atoms with E-state index in [0.717, 1.165) is 12.8 Å². The summed E-state index contributed by atoms with van der Waals surface area (Å²) in [5.41, 5.74) is 1.20. The van der Waals surface area contributed by atoms with Crippen molar-refractivity contribution in [2.75, 3.05) is 4.90 Å². The highest BCUT2D eigenvalue weighted by molar-refractivity contribution is 7.14. The maximum absolute atomic E-state index is 12.0. The number of carbonyl (C=O) groups excluding carboxylic acids is 2. The number of hydrogen-bond donors (Lipinski definition) is 1. The van der Waals surface area contributed by atoms with Crippen LogP contribution in [0.5, 0.6) is 0 Å². The summed E-state index contributed by atoms with van der Waals surface area (Å²) in [6, 6.07) is 11.3. The van der Waals surface area contributed by atoms with Gasteiger partial charge in [-0.2, -0.15) is 5.26 Å². The predicted octanol–water partition coefficient (Wildman–Crippen LogP) is 3.01. The van der Waals surface area contributed by atoms with Gasteiger partial charge >= 0.3 is 0 Å². The van der Waals surface area contributed by atoms with Crippen molar-refractivity contribution in [3.8, 4) is 6.07 Å². The highest BCUT2D eigenvalue weighted by atomic mass is 32.1. The first-order chi connectivity index (χ1) is 12.1. The number of thiazole rings is 1. The van der Waals surface area contributed by atoms with Gasteiger partial charge in [-0.3, -0.25) is 14.5 Å². The van der Waals surface area contributed by atoms with E-state index in [1.54, 1.807) is 5.38 Å². The minimum absolute atomic E-state index is 0.0119. The normalized spacial score (nSPS) is 13.8. The molecule has 1 aromatic carbocycles. The summed E-state index contributed by atoms with van der Waals surface area (Å²) in [5.74, 6) is -0.547. The molecule has 1 aliphatic rings. The molecule has 1 aromatic heterocycles. The number of aromatic nitrogens is 1. The Kier molecular flexibility index (Phi) is 4.91. The summed E-state index contributed by atoms with van der Waals surface area (Å²) in [6.07, 6.45) is 3.35. The highest BCUT2D eigenvalue weighted by Crippen LogP contribution is 2.29. The van der Waals surface area contributed by atoms with E-state index in [1.807, 2.05) is 36.4 Å². The molecule has 0 bridgehead atoms. The first-order valence-electron chi connectivity index (χ1n) is 7.82. The molecular formula is C18H16N4O2S. The number of benzene rings is 1. The summed E-state index contributed by atoms with van der Waals surface area (Å²) in [6.45, 7) is 1.47. The third kappa shape index (κ3) is 4.11. The van der Waals surface area contributed by atoms with Crippen molar-refractivity contribution in [3.05, 3.63) is 47.0 Å². The lowest BCUT2D eigenvalue weighted by Crippen LogP contribution is -2.26. The highest BCUT2D eigenvalue weighted by Gasteiger charge is 2.25. The molecule has 0 saturated heterocycles. The van der Waals surface area contributed by atoms with Gasteiger partial charge in [-0.05, 0) is 31.1 Å². The lowest BCUT2D eigenvalue weighted by atomic mass is 10.2. The Hall–Kier alpha value is -2.98. The third-order valence-electron chi connectivity index (χ3n) is 3.60. The largest absolute Gasteiger partial charge is 0.349 e. The van der Waals surface area contributed by atoms with E-state index in [9.17, 15) is 14.9 Å². The molecule has 2 amide bonds. The van der Waals surface area contributed by atoms with Gasteiger partial charge in [-0.25, -0.2) is 4.98 Å². The van der Waals surface area contributed by atoms with Gasteiger partial charge in [0.2, 0.25) is 5.91 Å². The zero-order chi connectivity index (χ0) is 17.8. The van der Waals surface area contributed by atoms with Crippen molar-refractivity contribution in [3.63, 3.8) is 0 Å². The first-order valence-corrected chi connectivity index (χ1v) is 8.70. The number of anilines is 2. The summed E-state index contributed by atoms with van der Waals surface area (Å²) in [5, 5.41) is 14.2. The smallest absolute Gasteiger partial charge is 0.262 e. The Morgan fingerprint density at radius 1 is 1.36 bits per heavy atom. The van der Waals surface area contributed by atoms with Crippen LogP contribution in [0.3, 0.4) is 0 Å². The van der Waals surface area contributed by atoms with Gasteiger partial charge in [0.1, 0.15) is 11.6 Å². The Morgan fingerprint density at radius 3 is 2.68 bits per heavy atom. The molecule has 0 spiro atoms. The average molecular weight is 352 g/mol. The predicted molar refractivity (Wildman–Crippen MR) is 96.1 cm³/mol. The summed E-state index contributed by atoms with van der Waals surface area (Å²) in [4.78, 5) is 29.9. The van der Waals surface area contributed by atoms with Crippen molar-refractivity contribution in [2.45, 2.75) is 25.8 Å². The molecule has 1 aliphatic carbocycles. The number of para-hydroxylation sites is 1. The second-order valence-corrected chi connectivity index (χ2v) is 6.50. The molecule has 1 saturated carbocycles. The molecule has 0 unspecified atom stereocenters. The fraction of sp³-hybridized carbons (Fsp3) is 0.222. The Labute approximate surface area is 149 Å². The molecule has 0 atom stereocenters. The van der Waals surface area contributed by atoms with Crippen LogP contribution in [0.2, 0.25) is 0 Å². The number of nitrogens with one attached hydrogen (secondary N) is 1. The molecule has 0 aliphatic heterocycles. The zero-order valence-electron chi connectivity index (χ0n) is 13.6. The molecule has 6 nitrogen and oxygen atoms in total. The lowest BCUT2D eigenvalue weighted by molar-refractivity contribution is -0.117. The SMILES string of the molecule is CC(=O)N(c1ccccc1)c1nc(/C=C(\C#N)C(=O)NC2CC2)cs1. The molecule has 1 N–H and O–H groups in total. The monoisotopic (exact) mass is 352 g/mol. The first kappa shape index (κ1) is 16.9. The second kappa shape index (κ2) is 7.28. The molecule has 1 heterocycles. The van der Waals surface area contributed by atoms with Gasteiger partial charge < -0.3 is 5.32 Å². The van der Waals surface area contributed by atoms with Gasteiger partial charge in [0.05, 0.1) is 11.4 Å². The molecule has 1 fully saturated rings. The van der Waals surface area contributed by atoms with Crippen LogP contribution >= 0.6 is 11.3 Å². The number of nitriles is 1. The van der Waals surface area contributed by atoms with Crippen LogP contribution in [0.15, 0.2) is 41.3 Å². The van der Waals surface area contributed by atoms with Crippen molar-refractivity contribution in [1.82, 2.24) is 10.3 Å². The van der Waals surface area contributed by atoms with E-state index in [-0.39, 0.29) is 23.4 Å². The quantitative estimate of drug-likeness (QED) is 0.662. The Morgan fingerprint density at radius 2 is 2.08 bits per heavy atom. The topological polar surface area (TPSA) is 86.1 Å². The number of rotatable bonds is 5. The summed E-state index contributed by atoms with van der Waals surface area (Å²) in [7, 11) is 0. The summed E-state index contributed by atoms with van der Waals surface area (Å²) < 4.78 is 0. The number of carbonyl (C=O) groups is 2. The van der Waals surface area contributed by atoms with E-state index in [0.29, 0.717) is 16.5 Å². The van der Waals surface area contributed by atoms with Gasteiger partial charge in [-0.1, -0.05) is 18.2 Å². The maximum atomic E-state index is 12.0. The fourth-order valence-corrected chi connectivity index (χ4v) is 3.08. The van der Waals surface area contributed by atoms with Crippen LogP contribution in [0, 0.1) is 11.3 Å². The molecule has 126 valence electrons. The molecule has 2 aromatic rings. The van der Waals surface area contributed by atoms with Crippen LogP contribution in [-0.2, 0) is 9.59 Å². The summed E-state index contributed by atoms with van der Waals surface area (Å²) >= 11 is 1.28. The van der Waals surface area contributed by atoms with Crippen molar-refractivity contribution in [2.24, 2.45) is 0 Å². The van der Waals surface area contributed by atoms with Crippen LogP contribution in [0.4, 0.5) is 10.8 Å². The van der Waals surface area contributed by atoms with E-state index >= 15 is 0 Å². The molecule has 0 radical (unpaired) electrons.